The van der Waals surface area contributed by atoms with Crippen LogP contribution >= 0.6 is 15.9 Å². The molecule has 0 aromatic rings. The van der Waals surface area contributed by atoms with Gasteiger partial charge in [-0.2, -0.15) is 0 Å². The number of alkyl halides is 1. The molecule has 1 saturated carbocycles. The predicted octanol–water partition coefficient (Wildman–Crippen LogP) is 2.96. The van der Waals surface area contributed by atoms with Crippen LogP contribution in [-0.2, 0) is 4.79 Å². The van der Waals surface area contributed by atoms with Gasteiger partial charge in [0.2, 0.25) is 5.91 Å². The molecule has 0 aromatic heterocycles. The number of carbonyl (C=O) groups is 1. The van der Waals surface area contributed by atoms with Crippen LogP contribution < -0.4 is 5.32 Å². The Balaban J connectivity index is 2.35. The SMILES string of the molecule is CC(C)C(Br)C(=O)NCC1(C(C)C)CC1. The van der Waals surface area contributed by atoms with Crippen molar-refractivity contribution in [2.75, 3.05) is 6.54 Å². The van der Waals surface area contributed by atoms with Gasteiger partial charge in [0.25, 0.3) is 0 Å². The molecule has 1 rings (SSSR count). The molecule has 2 nitrogen and oxygen atoms in total. The van der Waals surface area contributed by atoms with Gasteiger partial charge in [0, 0.05) is 6.54 Å². The molecule has 1 aliphatic carbocycles. The Morgan fingerprint density at radius 2 is 1.87 bits per heavy atom. The first kappa shape index (κ1) is 13.0. The molecule has 0 spiro atoms. The van der Waals surface area contributed by atoms with Crippen molar-refractivity contribution in [1.82, 2.24) is 5.32 Å². The Kier molecular flexibility index (Phi) is 4.21. The summed E-state index contributed by atoms with van der Waals surface area (Å²) in [5.41, 5.74) is 0.402. The summed E-state index contributed by atoms with van der Waals surface area (Å²) in [6.07, 6.45) is 2.53. The molecule has 0 aliphatic heterocycles. The topological polar surface area (TPSA) is 29.1 Å². The summed E-state index contributed by atoms with van der Waals surface area (Å²) < 4.78 is 0. The summed E-state index contributed by atoms with van der Waals surface area (Å²) >= 11 is 3.42. The minimum atomic E-state index is -0.0551. The summed E-state index contributed by atoms with van der Waals surface area (Å²) in [5, 5.41) is 3.06. The summed E-state index contributed by atoms with van der Waals surface area (Å²) in [4.78, 5) is 11.7. The number of rotatable bonds is 5. The van der Waals surface area contributed by atoms with E-state index in [1.54, 1.807) is 0 Å². The lowest BCUT2D eigenvalue weighted by Crippen LogP contribution is -2.38. The van der Waals surface area contributed by atoms with E-state index < -0.39 is 0 Å². The van der Waals surface area contributed by atoms with Gasteiger partial charge in [0.15, 0.2) is 0 Å². The van der Waals surface area contributed by atoms with Crippen LogP contribution in [0.1, 0.15) is 40.5 Å². The molecule has 3 heteroatoms. The fourth-order valence-corrected chi connectivity index (χ4v) is 1.94. The Bertz CT molecular complexity index is 234. The first-order valence-electron chi connectivity index (χ1n) is 5.81. The van der Waals surface area contributed by atoms with Crippen molar-refractivity contribution < 1.29 is 4.79 Å². The van der Waals surface area contributed by atoms with Gasteiger partial charge < -0.3 is 5.32 Å². The molecule has 0 bridgehead atoms. The summed E-state index contributed by atoms with van der Waals surface area (Å²) in [7, 11) is 0. The van der Waals surface area contributed by atoms with Gasteiger partial charge in [0.05, 0.1) is 4.83 Å². The number of hydrogen-bond donors (Lipinski definition) is 1. The van der Waals surface area contributed by atoms with E-state index in [4.69, 9.17) is 0 Å². The van der Waals surface area contributed by atoms with Crippen LogP contribution in [0.25, 0.3) is 0 Å². The zero-order chi connectivity index (χ0) is 11.6. The van der Waals surface area contributed by atoms with Crippen LogP contribution in [0, 0.1) is 17.3 Å². The van der Waals surface area contributed by atoms with Crippen LogP contribution in [0.4, 0.5) is 0 Å². The Morgan fingerprint density at radius 3 is 2.20 bits per heavy atom. The van der Waals surface area contributed by atoms with Gasteiger partial charge in [-0.1, -0.05) is 43.6 Å². The predicted molar refractivity (Wildman–Crippen MR) is 67.1 cm³/mol. The third-order valence-corrected chi connectivity index (χ3v) is 5.04. The third-order valence-electron chi connectivity index (χ3n) is 3.57. The van der Waals surface area contributed by atoms with E-state index >= 15 is 0 Å². The molecule has 0 radical (unpaired) electrons. The lowest BCUT2D eigenvalue weighted by molar-refractivity contribution is -0.121. The van der Waals surface area contributed by atoms with Gasteiger partial charge in [-0.25, -0.2) is 0 Å². The molecule has 1 unspecified atom stereocenters. The second kappa shape index (κ2) is 4.86. The van der Waals surface area contributed by atoms with Gasteiger partial charge in [0.1, 0.15) is 0 Å². The van der Waals surface area contributed by atoms with E-state index in [0.29, 0.717) is 17.3 Å². The van der Waals surface area contributed by atoms with E-state index in [1.165, 1.54) is 12.8 Å². The van der Waals surface area contributed by atoms with E-state index in [1.807, 2.05) is 13.8 Å². The van der Waals surface area contributed by atoms with Crippen molar-refractivity contribution >= 4 is 21.8 Å². The molecule has 88 valence electrons. The average Bonchev–Trinajstić information content (AvgIpc) is 2.93. The quantitative estimate of drug-likeness (QED) is 0.768. The maximum atomic E-state index is 11.7. The van der Waals surface area contributed by atoms with Crippen LogP contribution in [0.3, 0.4) is 0 Å². The monoisotopic (exact) mass is 275 g/mol. The minimum Gasteiger partial charge on any atom is -0.355 e. The summed E-state index contributed by atoms with van der Waals surface area (Å²) in [5.74, 6) is 1.15. The van der Waals surface area contributed by atoms with Crippen LogP contribution in [0.15, 0.2) is 0 Å². The highest BCUT2D eigenvalue weighted by Crippen LogP contribution is 2.51. The van der Waals surface area contributed by atoms with Gasteiger partial charge in [-0.15, -0.1) is 0 Å². The normalized spacial score (nSPS) is 20.5. The van der Waals surface area contributed by atoms with Gasteiger partial charge in [-0.3, -0.25) is 4.79 Å². The molecule has 15 heavy (non-hydrogen) atoms. The van der Waals surface area contributed by atoms with Crippen LogP contribution in [-0.4, -0.2) is 17.3 Å². The summed E-state index contributed by atoms with van der Waals surface area (Å²) in [6.45, 7) is 9.43. The minimum absolute atomic E-state index is 0.0551. The fraction of sp³-hybridized carbons (Fsp3) is 0.917. The van der Waals surface area contributed by atoms with Gasteiger partial charge in [-0.05, 0) is 30.1 Å². The molecule has 1 aliphatic rings. The van der Waals surface area contributed by atoms with Crippen molar-refractivity contribution in [3.63, 3.8) is 0 Å². The first-order chi connectivity index (χ1) is 6.89. The molecule has 1 amide bonds. The Hall–Kier alpha value is -0.0500. The average molecular weight is 276 g/mol. The smallest absolute Gasteiger partial charge is 0.234 e. The number of nitrogens with one attached hydrogen (secondary N) is 1. The van der Waals surface area contributed by atoms with E-state index in [-0.39, 0.29) is 10.7 Å². The highest BCUT2D eigenvalue weighted by molar-refractivity contribution is 9.10. The fourth-order valence-electron chi connectivity index (χ4n) is 1.78. The molecule has 0 heterocycles. The zero-order valence-corrected chi connectivity index (χ0v) is 11.7. The number of amides is 1. The number of hydrogen-bond acceptors (Lipinski definition) is 1. The van der Waals surface area contributed by atoms with E-state index in [0.717, 1.165) is 6.54 Å². The van der Waals surface area contributed by atoms with Crippen molar-refractivity contribution in [1.29, 1.82) is 0 Å². The first-order valence-corrected chi connectivity index (χ1v) is 6.72. The molecule has 1 fully saturated rings. The van der Waals surface area contributed by atoms with Crippen molar-refractivity contribution in [2.24, 2.45) is 17.3 Å². The Labute approximate surface area is 101 Å². The lowest BCUT2D eigenvalue weighted by Gasteiger charge is -2.21. The lowest BCUT2D eigenvalue weighted by atomic mass is 9.92. The molecule has 1 atom stereocenters. The van der Waals surface area contributed by atoms with E-state index in [9.17, 15) is 4.79 Å². The molecule has 0 aromatic carbocycles. The largest absolute Gasteiger partial charge is 0.355 e. The highest BCUT2D eigenvalue weighted by Gasteiger charge is 2.45. The van der Waals surface area contributed by atoms with Crippen LogP contribution in [0.2, 0.25) is 0 Å². The molecular formula is C12H22BrNO. The van der Waals surface area contributed by atoms with Crippen molar-refractivity contribution in [2.45, 2.75) is 45.4 Å². The standard InChI is InChI=1S/C12H22BrNO/c1-8(2)10(13)11(15)14-7-12(5-6-12)9(3)4/h8-10H,5-7H2,1-4H3,(H,14,15). The van der Waals surface area contributed by atoms with Crippen molar-refractivity contribution in [3.05, 3.63) is 0 Å². The third kappa shape index (κ3) is 3.20. The summed E-state index contributed by atoms with van der Waals surface area (Å²) in [6, 6.07) is 0. The number of halogens is 1. The maximum Gasteiger partial charge on any atom is 0.234 e. The molecule has 1 N–H and O–H groups in total. The number of carbonyl (C=O) groups excluding carboxylic acids is 1. The van der Waals surface area contributed by atoms with Crippen molar-refractivity contribution in [3.8, 4) is 0 Å². The van der Waals surface area contributed by atoms with E-state index in [2.05, 4.69) is 35.1 Å². The maximum absolute atomic E-state index is 11.7. The van der Waals surface area contributed by atoms with Crippen LogP contribution in [0.5, 0.6) is 0 Å². The highest BCUT2D eigenvalue weighted by atomic mass is 79.9. The molecule has 0 saturated heterocycles. The Morgan fingerprint density at radius 1 is 1.33 bits per heavy atom. The molecular weight excluding hydrogens is 254 g/mol. The second-order valence-electron chi connectivity index (χ2n) is 5.38. The zero-order valence-electron chi connectivity index (χ0n) is 10.1. The van der Waals surface area contributed by atoms with Gasteiger partial charge >= 0.3 is 0 Å². The second-order valence-corrected chi connectivity index (χ2v) is 6.37.